The van der Waals surface area contributed by atoms with E-state index < -0.39 is 10.7 Å². The van der Waals surface area contributed by atoms with Crippen LogP contribution in [0, 0.1) is 15.9 Å². The molecule has 0 amide bonds. The fourth-order valence-corrected chi connectivity index (χ4v) is 1.41. The highest BCUT2D eigenvalue weighted by Crippen LogP contribution is 2.25. The maximum Gasteiger partial charge on any atom is 0.295 e. The highest BCUT2D eigenvalue weighted by molar-refractivity contribution is 5.61. The molecule has 1 aromatic heterocycles. The summed E-state index contributed by atoms with van der Waals surface area (Å²) in [5.74, 6) is -0.644. The molecular weight excluding hydrogens is 239 g/mol. The van der Waals surface area contributed by atoms with Crippen LogP contribution in [0.1, 0.15) is 5.69 Å². The van der Waals surface area contributed by atoms with Crippen LogP contribution in [0.5, 0.6) is 0 Å². The zero-order chi connectivity index (χ0) is 13.0. The van der Waals surface area contributed by atoms with E-state index in [0.717, 1.165) is 12.1 Å². The molecule has 1 N–H and O–H groups in total. The van der Waals surface area contributed by atoms with Crippen molar-refractivity contribution in [3.63, 3.8) is 0 Å². The molecule has 0 aliphatic carbocycles. The molecule has 1 aromatic carbocycles. The summed E-state index contributed by atoms with van der Waals surface area (Å²) in [7, 11) is 0. The number of nitro benzene ring substituents is 1. The van der Waals surface area contributed by atoms with Crippen LogP contribution in [0.25, 0.3) is 0 Å². The van der Waals surface area contributed by atoms with E-state index in [9.17, 15) is 14.5 Å². The fraction of sp³-hybridized carbons (Fsp3) is 0.0909. The Hall–Kier alpha value is -2.57. The number of nitrogens with zero attached hydrogens (tertiary/aromatic N) is 3. The van der Waals surface area contributed by atoms with Crippen molar-refractivity contribution in [2.45, 2.75) is 6.54 Å². The van der Waals surface area contributed by atoms with Crippen LogP contribution in [-0.2, 0) is 6.54 Å². The van der Waals surface area contributed by atoms with Crippen molar-refractivity contribution in [1.82, 2.24) is 9.97 Å². The predicted molar refractivity (Wildman–Crippen MR) is 62.4 cm³/mol. The summed E-state index contributed by atoms with van der Waals surface area (Å²) in [4.78, 5) is 17.9. The molecule has 2 aromatic rings. The van der Waals surface area contributed by atoms with Gasteiger partial charge in [-0.25, -0.2) is 14.4 Å². The number of hydrogen-bond donors (Lipinski definition) is 1. The van der Waals surface area contributed by atoms with E-state index in [1.807, 2.05) is 0 Å². The van der Waals surface area contributed by atoms with Crippen LogP contribution in [0.3, 0.4) is 0 Å². The monoisotopic (exact) mass is 248 g/mol. The summed E-state index contributed by atoms with van der Waals surface area (Å²) in [6.45, 7) is 0.301. The Labute approximate surface area is 102 Å². The van der Waals surface area contributed by atoms with Crippen LogP contribution in [-0.4, -0.2) is 14.9 Å². The number of rotatable bonds is 4. The molecular formula is C11H9FN4O2. The molecule has 0 aliphatic rings. The normalized spacial score (nSPS) is 10.1. The van der Waals surface area contributed by atoms with Crippen molar-refractivity contribution in [3.05, 3.63) is 58.4 Å². The number of anilines is 1. The van der Waals surface area contributed by atoms with E-state index >= 15 is 0 Å². The predicted octanol–water partition coefficient (Wildman–Crippen LogP) is 2.14. The van der Waals surface area contributed by atoms with Crippen LogP contribution >= 0.6 is 0 Å². The highest BCUT2D eigenvalue weighted by Gasteiger charge is 2.14. The fourth-order valence-electron chi connectivity index (χ4n) is 1.41. The van der Waals surface area contributed by atoms with Crippen molar-refractivity contribution in [2.24, 2.45) is 0 Å². The second-order valence-corrected chi connectivity index (χ2v) is 3.47. The standard InChI is InChI=1S/C11H9FN4O2/c12-8-1-2-10(11(5-8)16(17)18)14-6-9-3-4-13-7-15-9/h1-5,7,14H,6H2. The molecule has 0 radical (unpaired) electrons. The maximum absolute atomic E-state index is 12.9. The summed E-state index contributed by atoms with van der Waals surface area (Å²) >= 11 is 0. The Balaban J connectivity index is 2.17. The van der Waals surface area contributed by atoms with Gasteiger partial charge in [-0.3, -0.25) is 10.1 Å². The first-order valence-electron chi connectivity index (χ1n) is 5.09. The summed E-state index contributed by atoms with van der Waals surface area (Å²) in [6.07, 6.45) is 2.96. The van der Waals surface area contributed by atoms with Crippen LogP contribution in [0.4, 0.5) is 15.8 Å². The molecule has 0 spiro atoms. The maximum atomic E-state index is 12.9. The summed E-state index contributed by atoms with van der Waals surface area (Å²) in [5.41, 5.74) is 0.632. The Kier molecular flexibility index (Phi) is 3.42. The van der Waals surface area contributed by atoms with Gasteiger partial charge in [0.2, 0.25) is 0 Å². The van der Waals surface area contributed by atoms with Gasteiger partial charge in [-0.05, 0) is 18.2 Å². The smallest absolute Gasteiger partial charge is 0.295 e. The molecule has 18 heavy (non-hydrogen) atoms. The molecule has 0 aliphatic heterocycles. The number of nitro groups is 1. The van der Waals surface area contributed by atoms with Gasteiger partial charge in [-0.1, -0.05) is 0 Å². The molecule has 0 unspecified atom stereocenters. The first-order chi connectivity index (χ1) is 8.66. The Morgan fingerprint density at radius 1 is 1.39 bits per heavy atom. The van der Waals surface area contributed by atoms with Gasteiger partial charge in [-0.15, -0.1) is 0 Å². The lowest BCUT2D eigenvalue weighted by Gasteiger charge is -2.06. The topological polar surface area (TPSA) is 81.0 Å². The SMILES string of the molecule is O=[N+]([O-])c1cc(F)ccc1NCc1ccncn1. The summed E-state index contributed by atoms with van der Waals surface area (Å²) in [5, 5.41) is 13.6. The third-order valence-electron chi connectivity index (χ3n) is 2.26. The molecule has 0 bridgehead atoms. The number of benzene rings is 1. The van der Waals surface area contributed by atoms with Gasteiger partial charge in [0, 0.05) is 6.20 Å². The van der Waals surface area contributed by atoms with Gasteiger partial charge < -0.3 is 5.32 Å². The first kappa shape index (κ1) is 11.9. The molecule has 0 atom stereocenters. The third-order valence-corrected chi connectivity index (χ3v) is 2.26. The van der Waals surface area contributed by atoms with Gasteiger partial charge in [0.15, 0.2) is 0 Å². The van der Waals surface area contributed by atoms with E-state index in [1.54, 1.807) is 12.3 Å². The number of hydrogen-bond acceptors (Lipinski definition) is 5. The number of aromatic nitrogens is 2. The lowest BCUT2D eigenvalue weighted by molar-refractivity contribution is -0.384. The molecule has 1 heterocycles. The second kappa shape index (κ2) is 5.17. The van der Waals surface area contributed by atoms with Gasteiger partial charge in [-0.2, -0.15) is 0 Å². The highest BCUT2D eigenvalue weighted by atomic mass is 19.1. The van der Waals surface area contributed by atoms with Crippen molar-refractivity contribution in [1.29, 1.82) is 0 Å². The van der Waals surface area contributed by atoms with E-state index in [1.165, 1.54) is 12.4 Å². The molecule has 2 rings (SSSR count). The number of halogens is 1. The average molecular weight is 248 g/mol. The largest absolute Gasteiger partial charge is 0.374 e. The average Bonchev–Trinajstić information content (AvgIpc) is 2.38. The van der Waals surface area contributed by atoms with Crippen molar-refractivity contribution in [3.8, 4) is 0 Å². The van der Waals surface area contributed by atoms with Crippen LogP contribution < -0.4 is 5.32 Å². The van der Waals surface area contributed by atoms with Crippen LogP contribution in [0.15, 0.2) is 36.8 Å². The van der Waals surface area contributed by atoms with Gasteiger partial charge in [0.25, 0.3) is 5.69 Å². The molecule has 92 valence electrons. The van der Waals surface area contributed by atoms with Gasteiger partial charge in [0.05, 0.1) is 23.2 Å². The minimum absolute atomic E-state index is 0.250. The van der Waals surface area contributed by atoms with E-state index in [4.69, 9.17) is 0 Å². The zero-order valence-electron chi connectivity index (χ0n) is 9.21. The quantitative estimate of drug-likeness (QED) is 0.662. The number of nitrogens with one attached hydrogen (secondary N) is 1. The van der Waals surface area contributed by atoms with Gasteiger partial charge >= 0.3 is 0 Å². The zero-order valence-corrected chi connectivity index (χ0v) is 9.21. The minimum Gasteiger partial charge on any atom is -0.374 e. The van der Waals surface area contributed by atoms with Crippen LogP contribution in [0.2, 0.25) is 0 Å². The Morgan fingerprint density at radius 2 is 2.22 bits per heavy atom. The van der Waals surface area contributed by atoms with E-state index in [0.29, 0.717) is 12.2 Å². The Morgan fingerprint density at radius 3 is 2.89 bits per heavy atom. The van der Waals surface area contributed by atoms with Crippen molar-refractivity contribution < 1.29 is 9.31 Å². The Bertz CT molecular complexity index is 562. The second-order valence-electron chi connectivity index (χ2n) is 3.47. The van der Waals surface area contributed by atoms with E-state index in [2.05, 4.69) is 15.3 Å². The molecule has 7 heteroatoms. The lowest BCUT2D eigenvalue weighted by atomic mass is 10.2. The van der Waals surface area contributed by atoms with Gasteiger partial charge in [0.1, 0.15) is 17.8 Å². The van der Waals surface area contributed by atoms with Crippen molar-refractivity contribution in [2.75, 3.05) is 5.32 Å². The first-order valence-corrected chi connectivity index (χ1v) is 5.09. The summed E-state index contributed by atoms with van der Waals surface area (Å²) in [6, 6.07) is 5.05. The van der Waals surface area contributed by atoms with E-state index in [-0.39, 0.29) is 11.4 Å². The summed E-state index contributed by atoms with van der Waals surface area (Å²) < 4.78 is 12.9. The van der Waals surface area contributed by atoms with Crippen molar-refractivity contribution >= 4 is 11.4 Å². The molecule has 0 saturated heterocycles. The third kappa shape index (κ3) is 2.76. The molecule has 0 fully saturated rings. The molecule has 0 saturated carbocycles. The molecule has 6 nitrogen and oxygen atoms in total. The minimum atomic E-state index is -0.644. The lowest BCUT2D eigenvalue weighted by Crippen LogP contribution is -2.04.